The van der Waals surface area contributed by atoms with E-state index in [9.17, 15) is 5.11 Å². The number of aliphatic hydroxyl groups excluding tert-OH is 1. The lowest BCUT2D eigenvalue weighted by Crippen LogP contribution is -2.43. The fraction of sp³-hybridized carbons (Fsp3) is 0.647. The van der Waals surface area contributed by atoms with Crippen LogP contribution < -0.4 is 5.32 Å². The standard InChI is InChI=1S/C17H30N2O/c1-13(2)17(18-11-16(20)12-19(4)5)10-15-8-6-14(3)7-9-15/h6-9,13,16-18,20H,10-12H2,1-5H3. The van der Waals surface area contributed by atoms with Crippen LogP contribution in [0.5, 0.6) is 0 Å². The van der Waals surface area contributed by atoms with E-state index < -0.39 is 0 Å². The Balaban J connectivity index is 2.50. The van der Waals surface area contributed by atoms with Crippen LogP contribution >= 0.6 is 0 Å². The quantitative estimate of drug-likeness (QED) is 0.764. The summed E-state index contributed by atoms with van der Waals surface area (Å²) in [5.74, 6) is 0.544. The summed E-state index contributed by atoms with van der Waals surface area (Å²) in [6.45, 7) is 7.91. The zero-order valence-electron chi connectivity index (χ0n) is 13.6. The third kappa shape index (κ3) is 6.51. The van der Waals surface area contributed by atoms with Gasteiger partial charge in [-0.25, -0.2) is 0 Å². The van der Waals surface area contributed by atoms with Crippen LogP contribution in [0.1, 0.15) is 25.0 Å². The lowest BCUT2D eigenvalue weighted by atomic mass is 9.96. The number of hydrogen-bond donors (Lipinski definition) is 2. The van der Waals surface area contributed by atoms with Crippen molar-refractivity contribution < 1.29 is 5.11 Å². The van der Waals surface area contributed by atoms with Gasteiger partial charge in [-0.3, -0.25) is 0 Å². The Labute approximate surface area is 124 Å². The Kier molecular flexibility index (Phi) is 7.20. The summed E-state index contributed by atoms with van der Waals surface area (Å²) < 4.78 is 0. The van der Waals surface area contributed by atoms with Crippen molar-refractivity contribution in [3.63, 3.8) is 0 Å². The minimum absolute atomic E-state index is 0.315. The number of nitrogens with zero attached hydrogens (tertiary/aromatic N) is 1. The lowest BCUT2D eigenvalue weighted by Gasteiger charge is -2.25. The minimum atomic E-state index is -0.315. The molecule has 114 valence electrons. The number of aliphatic hydroxyl groups is 1. The average Bonchev–Trinajstić information content (AvgIpc) is 2.35. The molecule has 0 radical (unpaired) electrons. The first kappa shape index (κ1) is 17.2. The number of aryl methyl sites for hydroxylation is 1. The Morgan fingerprint density at radius 1 is 1.15 bits per heavy atom. The molecule has 1 aromatic rings. The van der Waals surface area contributed by atoms with Crippen LogP contribution in [0.15, 0.2) is 24.3 Å². The zero-order chi connectivity index (χ0) is 15.1. The third-order valence-corrected chi connectivity index (χ3v) is 3.57. The molecule has 3 nitrogen and oxygen atoms in total. The van der Waals surface area contributed by atoms with E-state index in [2.05, 4.69) is 50.4 Å². The molecule has 3 heteroatoms. The molecule has 0 amide bonds. The predicted octanol–water partition coefficient (Wildman–Crippen LogP) is 2.07. The fourth-order valence-electron chi connectivity index (χ4n) is 2.30. The van der Waals surface area contributed by atoms with E-state index in [1.54, 1.807) is 0 Å². The van der Waals surface area contributed by atoms with Crippen LogP contribution in [-0.4, -0.2) is 49.3 Å². The van der Waals surface area contributed by atoms with Crippen LogP contribution in [0.2, 0.25) is 0 Å². The molecular weight excluding hydrogens is 248 g/mol. The summed E-state index contributed by atoms with van der Waals surface area (Å²) in [6.07, 6.45) is 0.691. The van der Waals surface area contributed by atoms with Crippen LogP contribution in [0.4, 0.5) is 0 Å². The first-order valence-electron chi connectivity index (χ1n) is 7.50. The highest BCUT2D eigenvalue weighted by Crippen LogP contribution is 2.11. The van der Waals surface area contributed by atoms with Crippen molar-refractivity contribution >= 4 is 0 Å². The monoisotopic (exact) mass is 278 g/mol. The summed E-state index contributed by atoms with van der Waals surface area (Å²) in [6, 6.07) is 9.11. The molecule has 0 saturated carbocycles. The van der Waals surface area contributed by atoms with Gasteiger partial charge in [0.1, 0.15) is 0 Å². The molecule has 1 rings (SSSR count). The Bertz CT molecular complexity index is 373. The molecule has 20 heavy (non-hydrogen) atoms. The largest absolute Gasteiger partial charge is 0.390 e. The first-order valence-corrected chi connectivity index (χ1v) is 7.50. The summed E-state index contributed by atoms with van der Waals surface area (Å²) in [4.78, 5) is 2.01. The van der Waals surface area contributed by atoms with Gasteiger partial charge in [0.05, 0.1) is 6.10 Å². The molecule has 0 aromatic heterocycles. The second-order valence-electron chi connectivity index (χ2n) is 6.36. The van der Waals surface area contributed by atoms with Gasteiger partial charge in [0.25, 0.3) is 0 Å². The van der Waals surface area contributed by atoms with Crippen molar-refractivity contribution in [2.24, 2.45) is 5.92 Å². The maximum Gasteiger partial charge on any atom is 0.0791 e. The molecule has 0 aliphatic heterocycles. The van der Waals surface area contributed by atoms with Crippen molar-refractivity contribution in [3.05, 3.63) is 35.4 Å². The molecular formula is C17H30N2O. The molecule has 0 aliphatic carbocycles. The van der Waals surface area contributed by atoms with Crippen LogP contribution in [-0.2, 0) is 6.42 Å². The average molecular weight is 278 g/mol. The van der Waals surface area contributed by atoms with Crippen LogP contribution in [0.25, 0.3) is 0 Å². The molecule has 0 fully saturated rings. The SMILES string of the molecule is Cc1ccc(CC(NCC(O)CN(C)C)C(C)C)cc1. The summed E-state index contributed by atoms with van der Waals surface area (Å²) >= 11 is 0. The second-order valence-corrected chi connectivity index (χ2v) is 6.36. The van der Waals surface area contributed by atoms with Crippen molar-refractivity contribution in [3.8, 4) is 0 Å². The number of likely N-dealkylation sites (N-methyl/N-ethyl adjacent to an activating group) is 1. The van der Waals surface area contributed by atoms with Crippen LogP contribution in [0, 0.1) is 12.8 Å². The van der Waals surface area contributed by atoms with E-state index in [4.69, 9.17) is 0 Å². The Morgan fingerprint density at radius 2 is 1.75 bits per heavy atom. The van der Waals surface area contributed by atoms with E-state index in [0.29, 0.717) is 25.0 Å². The normalized spacial score (nSPS) is 14.8. The van der Waals surface area contributed by atoms with Gasteiger partial charge in [0.2, 0.25) is 0 Å². The van der Waals surface area contributed by atoms with Crippen molar-refractivity contribution in [2.75, 3.05) is 27.2 Å². The molecule has 0 bridgehead atoms. The number of rotatable bonds is 8. The Morgan fingerprint density at radius 3 is 2.25 bits per heavy atom. The van der Waals surface area contributed by atoms with Gasteiger partial charge in [-0.2, -0.15) is 0 Å². The summed E-state index contributed by atoms with van der Waals surface area (Å²) in [5, 5.41) is 13.5. The van der Waals surface area contributed by atoms with E-state index in [-0.39, 0.29) is 6.10 Å². The molecule has 2 unspecified atom stereocenters. The van der Waals surface area contributed by atoms with Gasteiger partial charge < -0.3 is 15.3 Å². The van der Waals surface area contributed by atoms with Gasteiger partial charge in [-0.1, -0.05) is 43.7 Å². The topological polar surface area (TPSA) is 35.5 Å². The molecule has 0 spiro atoms. The van der Waals surface area contributed by atoms with Gasteiger partial charge in [0, 0.05) is 19.1 Å². The van der Waals surface area contributed by atoms with E-state index in [0.717, 1.165) is 6.42 Å². The van der Waals surface area contributed by atoms with E-state index in [1.165, 1.54) is 11.1 Å². The maximum atomic E-state index is 9.95. The molecule has 2 N–H and O–H groups in total. The highest BCUT2D eigenvalue weighted by atomic mass is 16.3. The zero-order valence-corrected chi connectivity index (χ0v) is 13.6. The van der Waals surface area contributed by atoms with Gasteiger partial charge in [-0.05, 0) is 38.9 Å². The predicted molar refractivity (Wildman–Crippen MR) is 86.1 cm³/mol. The number of benzene rings is 1. The summed E-state index contributed by atoms with van der Waals surface area (Å²) in [5.41, 5.74) is 2.65. The smallest absolute Gasteiger partial charge is 0.0791 e. The van der Waals surface area contributed by atoms with E-state index in [1.807, 2.05) is 19.0 Å². The van der Waals surface area contributed by atoms with Gasteiger partial charge in [-0.15, -0.1) is 0 Å². The lowest BCUT2D eigenvalue weighted by molar-refractivity contribution is 0.128. The van der Waals surface area contributed by atoms with Gasteiger partial charge in [0.15, 0.2) is 0 Å². The highest BCUT2D eigenvalue weighted by molar-refractivity contribution is 5.22. The van der Waals surface area contributed by atoms with Crippen molar-refractivity contribution in [1.82, 2.24) is 10.2 Å². The van der Waals surface area contributed by atoms with Gasteiger partial charge >= 0.3 is 0 Å². The van der Waals surface area contributed by atoms with Crippen LogP contribution in [0.3, 0.4) is 0 Å². The van der Waals surface area contributed by atoms with E-state index >= 15 is 0 Å². The molecule has 0 heterocycles. The third-order valence-electron chi connectivity index (χ3n) is 3.57. The second kappa shape index (κ2) is 8.40. The fourth-order valence-corrected chi connectivity index (χ4v) is 2.30. The summed E-state index contributed by atoms with van der Waals surface area (Å²) in [7, 11) is 3.96. The van der Waals surface area contributed by atoms with Crippen molar-refractivity contribution in [2.45, 2.75) is 39.3 Å². The maximum absolute atomic E-state index is 9.95. The minimum Gasteiger partial charge on any atom is -0.390 e. The molecule has 0 saturated heterocycles. The molecule has 1 aromatic carbocycles. The first-order chi connectivity index (χ1) is 9.38. The Hall–Kier alpha value is -0.900. The van der Waals surface area contributed by atoms with Crippen molar-refractivity contribution in [1.29, 1.82) is 0 Å². The highest BCUT2D eigenvalue weighted by Gasteiger charge is 2.15. The number of nitrogens with one attached hydrogen (secondary N) is 1. The molecule has 2 atom stereocenters. The molecule has 0 aliphatic rings. The number of hydrogen-bond acceptors (Lipinski definition) is 3.